The van der Waals surface area contributed by atoms with Crippen molar-refractivity contribution in [2.24, 2.45) is 5.73 Å². The zero-order valence-corrected chi connectivity index (χ0v) is 17.3. The van der Waals surface area contributed by atoms with E-state index in [1.165, 1.54) is 0 Å². The van der Waals surface area contributed by atoms with Gasteiger partial charge in [0, 0.05) is 43.2 Å². The SMILES string of the molecule is NC(Cc1ccc(Br)s1)C(=O)N1CCN(c2ccc(Cl)c(Cl)c2)CC1. The molecule has 1 aromatic heterocycles. The summed E-state index contributed by atoms with van der Waals surface area (Å²) in [6, 6.07) is 9.10. The van der Waals surface area contributed by atoms with Crippen molar-refractivity contribution in [3.8, 4) is 0 Å². The van der Waals surface area contributed by atoms with Gasteiger partial charge in [-0.15, -0.1) is 11.3 Å². The molecule has 0 aliphatic carbocycles. The van der Waals surface area contributed by atoms with Crippen LogP contribution >= 0.6 is 50.5 Å². The fourth-order valence-corrected chi connectivity index (χ4v) is 4.70. The number of amides is 1. The number of carbonyl (C=O) groups is 1. The van der Waals surface area contributed by atoms with Gasteiger partial charge in [0.2, 0.25) is 5.91 Å². The fraction of sp³-hybridized carbons (Fsp3) is 0.353. The van der Waals surface area contributed by atoms with Crippen molar-refractivity contribution in [2.75, 3.05) is 31.1 Å². The molecule has 1 fully saturated rings. The molecule has 8 heteroatoms. The highest BCUT2D eigenvalue weighted by atomic mass is 79.9. The lowest BCUT2D eigenvalue weighted by Crippen LogP contribution is -2.53. The maximum Gasteiger partial charge on any atom is 0.239 e. The van der Waals surface area contributed by atoms with E-state index >= 15 is 0 Å². The molecule has 0 radical (unpaired) electrons. The largest absolute Gasteiger partial charge is 0.368 e. The molecule has 1 aliphatic heterocycles. The van der Waals surface area contributed by atoms with Gasteiger partial charge in [-0.3, -0.25) is 4.79 Å². The molecular formula is C17H18BrCl2N3OS. The fourth-order valence-electron chi connectivity index (χ4n) is 2.87. The lowest BCUT2D eigenvalue weighted by Gasteiger charge is -2.37. The lowest BCUT2D eigenvalue weighted by molar-refractivity contribution is -0.132. The van der Waals surface area contributed by atoms with E-state index in [-0.39, 0.29) is 5.91 Å². The molecule has 2 N–H and O–H groups in total. The average molecular weight is 463 g/mol. The van der Waals surface area contributed by atoms with Crippen molar-refractivity contribution < 1.29 is 4.79 Å². The smallest absolute Gasteiger partial charge is 0.239 e. The van der Waals surface area contributed by atoms with Gasteiger partial charge >= 0.3 is 0 Å². The first kappa shape index (κ1) is 19.0. The molecule has 1 amide bonds. The van der Waals surface area contributed by atoms with Crippen molar-refractivity contribution in [3.63, 3.8) is 0 Å². The van der Waals surface area contributed by atoms with Crippen molar-refractivity contribution in [1.29, 1.82) is 0 Å². The van der Waals surface area contributed by atoms with Crippen LogP contribution < -0.4 is 10.6 Å². The summed E-state index contributed by atoms with van der Waals surface area (Å²) in [5.41, 5.74) is 7.15. The highest BCUT2D eigenvalue weighted by Crippen LogP contribution is 2.28. The second-order valence-corrected chi connectivity index (χ2v) is 9.29. The van der Waals surface area contributed by atoms with E-state index in [4.69, 9.17) is 28.9 Å². The van der Waals surface area contributed by atoms with Crippen LogP contribution in [0.2, 0.25) is 10.0 Å². The minimum atomic E-state index is -0.498. The number of benzene rings is 1. The Morgan fingerprint density at radius 1 is 1.16 bits per heavy atom. The van der Waals surface area contributed by atoms with Crippen molar-refractivity contribution in [2.45, 2.75) is 12.5 Å². The maximum absolute atomic E-state index is 12.6. The van der Waals surface area contributed by atoms with Gasteiger partial charge < -0.3 is 15.5 Å². The second kappa shape index (κ2) is 8.27. The number of halogens is 3. The molecule has 1 aromatic carbocycles. The normalized spacial score (nSPS) is 16.2. The molecule has 2 aromatic rings. The van der Waals surface area contributed by atoms with Gasteiger partial charge in [-0.25, -0.2) is 0 Å². The lowest BCUT2D eigenvalue weighted by atomic mass is 10.1. The van der Waals surface area contributed by atoms with E-state index < -0.39 is 6.04 Å². The van der Waals surface area contributed by atoms with Crippen LogP contribution in [0, 0.1) is 0 Å². The highest BCUT2D eigenvalue weighted by molar-refractivity contribution is 9.11. The summed E-state index contributed by atoms with van der Waals surface area (Å²) in [6.45, 7) is 2.81. The monoisotopic (exact) mass is 461 g/mol. The van der Waals surface area contributed by atoms with Crippen LogP contribution in [0.15, 0.2) is 34.1 Å². The summed E-state index contributed by atoms with van der Waals surface area (Å²) in [5, 5.41) is 1.09. The Morgan fingerprint density at radius 3 is 2.48 bits per heavy atom. The number of thiophene rings is 1. The van der Waals surface area contributed by atoms with Gasteiger partial charge in [0.1, 0.15) is 0 Å². The first-order valence-corrected chi connectivity index (χ1v) is 10.3. The standard InChI is InChI=1S/C17H18BrCl2N3OS/c18-16-4-2-12(25-16)10-15(21)17(24)23-7-5-22(6-8-23)11-1-3-13(19)14(20)9-11/h1-4,9,15H,5-8,10,21H2. The molecule has 134 valence electrons. The molecule has 25 heavy (non-hydrogen) atoms. The van der Waals surface area contributed by atoms with Gasteiger partial charge in [0.15, 0.2) is 0 Å². The number of anilines is 1. The van der Waals surface area contributed by atoms with Crippen LogP contribution in [0.25, 0.3) is 0 Å². The number of nitrogens with two attached hydrogens (primary N) is 1. The van der Waals surface area contributed by atoms with Gasteiger partial charge in [-0.1, -0.05) is 23.2 Å². The van der Waals surface area contributed by atoms with Crippen LogP contribution in [0.4, 0.5) is 5.69 Å². The van der Waals surface area contributed by atoms with Gasteiger partial charge in [-0.05, 0) is 46.3 Å². The molecule has 1 unspecified atom stereocenters. The van der Waals surface area contributed by atoms with Crippen LogP contribution in [0.1, 0.15) is 4.88 Å². The third-order valence-corrected chi connectivity index (χ3v) is 6.61. The number of nitrogens with zero attached hydrogens (tertiary/aromatic N) is 2. The quantitative estimate of drug-likeness (QED) is 0.745. The zero-order chi connectivity index (χ0) is 18.0. The van der Waals surface area contributed by atoms with Crippen LogP contribution in [-0.4, -0.2) is 43.0 Å². The third kappa shape index (κ3) is 4.68. The predicted octanol–water partition coefficient (Wildman–Crippen LogP) is 4.04. The van der Waals surface area contributed by atoms with Crippen LogP contribution in [0.3, 0.4) is 0 Å². The molecule has 2 heterocycles. The molecule has 1 saturated heterocycles. The van der Waals surface area contributed by atoms with Gasteiger partial charge in [-0.2, -0.15) is 0 Å². The van der Waals surface area contributed by atoms with Crippen molar-refractivity contribution in [1.82, 2.24) is 4.90 Å². The summed E-state index contributed by atoms with van der Waals surface area (Å²) in [6.07, 6.45) is 0.572. The Kier molecular flexibility index (Phi) is 6.28. The summed E-state index contributed by atoms with van der Waals surface area (Å²) in [7, 11) is 0. The van der Waals surface area contributed by atoms with Crippen LogP contribution in [-0.2, 0) is 11.2 Å². The molecule has 1 atom stereocenters. The van der Waals surface area contributed by atoms with Crippen molar-refractivity contribution >= 4 is 62.1 Å². The molecule has 3 rings (SSSR count). The summed E-state index contributed by atoms with van der Waals surface area (Å²) in [4.78, 5) is 17.8. The van der Waals surface area contributed by atoms with Gasteiger partial charge in [0.05, 0.1) is 19.9 Å². The Hall–Kier alpha value is -0.790. The number of carbonyl (C=O) groups excluding carboxylic acids is 1. The highest BCUT2D eigenvalue weighted by Gasteiger charge is 2.26. The second-order valence-electron chi connectivity index (χ2n) is 5.93. The predicted molar refractivity (Wildman–Crippen MR) is 109 cm³/mol. The van der Waals surface area contributed by atoms with E-state index in [9.17, 15) is 4.79 Å². The van der Waals surface area contributed by atoms with Crippen LogP contribution in [0.5, 0.6) is 0 Å². The third-order valence-electron chi connectivity index (χ3n) is 4.23. The number of piperazine rings is 1. The summed E-state index contributed by atoms with van der Waals surface area (Å²) >= 11 is 17.1. The minimum absolute atomic E-state index is 0.0123. The maximum atomic E-state index is 12.6. The average Bonchev–Trinajstić information content (AvgIpc) is 3.01. The molecule has 4 nitrogen and oxygen atoms in total. The van der Waals surface area contributed by atoms with E-state index in [0.717, 1.165) is 27.4 Å². The number of hydrogen-bond acceptors (Lipinski definition) is 4. The zero-order valence-electron chi connectivity index (χ0n) is 13.4. The molecule has 0 bridgehead atoms. The first-order chi connectivity index (χ1) is 11.9. The molecular weight excluding hydrogens is 445 g/mol. The Morgan fingerprint density at radius 2 is 1.88 bits per heavy atom. The van der Waals surface area contributed by atoms with Crippen molar-refractivity contribution in [3.05, 3.63) is 49.0 Å². The summed E-state index contributed by atoms with van der Waals surface area (Å²) in [5.74, 6) is 0.0123. The van der Waals surface area contributed by atoms with E-state index in [1.54, 1.807) is 17.4 Å². The first-order valence-electron chi connectivity index (χ1n) is 7.92. The molecule has 1 aliphatic rings. The molecule has 0 spiro atoms. The Bertz CT molecular complexity index is 762. The number of rotatable bonds is 4. The number of hydrogen-bond donors (Lipinski definition) is 1. The van der Waals surface area contributed by atoms with E-state index in [1.807, 2.05) is 29.2 Å². The Balaban J connectivity index is 1.55. The van der Waals surface area contributed by atoms with E-state index in [2.05, 4.69) is 20.8 Å². The minimum Gasteiger partial charge on any atom is -0.368 e. The van der Waals surface area contributed by atoms with E-state index in [0.29, 0.717) is 29.6 Å². The topological polar surface area (TPSA) is 49.6 Å². The van der Waals surface area contributed by atoms with Gasteiger partial charge in [0.25, 0.3) is 0 Å². The summed E-state index contributed by atoms with van der Waals surface area (Å²) < 4.78 is 1.05. The Labute approximate surface area is 169 Å². The molecule has 0 saturated carbocycles.